The second kappa shape index (κ2) is 6.12. The number of carbonyl (C=O) groups is 1. The van der Waals surface area contributed by atoms with Gasteiger partial charge in [-0.05, 0) is 18.7 Å². The van der Waals surface area contributed by atoms with Crippen molar-refractivity contribution in [3.8, 4) is 0 Å². The van der Waals surface area contributed by atoms with Crippen molar-refractivity contribution in [2.45, 2.75) is 6.92 Å². The van der Waals surface area contributed by atoms with Gasteiger partial charge in [0.25, 0.3) is 0 Å². The Morgan fingerprint density at radius 1 is 1.31 bits per heavy atom. The summed E-state index contributed by atoms with van der Waals surface area (Å²) in [7, 11) is 3.91. The molecule has 0 saturated carbocycles. The fourth-order valence-electron chi connectivity index (χ4n) is 1.40. The number of nitrogens with one attached hydrogen (secondary N) is 2. The summed E-state index contributed by atoms with van der Waals surface area (Å²) < 4.78 is 0. The van der Waals surface area contributed by atoms with Crippen LogP contribution in [-0.2, 0) is 4.79 Å². The van der Waals surface area contributed by atoms with Crippen LogP contribution < -0.4 is 15.5 Å². The Bertz CT molecular complexity index is 350. The van der Waals surface area contributed by atoms with Gasteiger partial charge < -0.3 is 15.5 Å². The second-order valence-corrected chi connectivity index (χ2v) is 3.74. The van der Waals surface area contributed by atoms with Gasteiger partial charge in [-0.2, -0.15) is 0 Å². The second-order valence-electron chi connectivity index (χ2n) is 3.74. The van der Waals surface area contributed by atoms with Crippen molar-refractivity contribution in [2.75, 3.05) is 37.4 Å². The van der Waals surface area contributed by atoms with Crippen LogP contribution in [0, 0.1) is 0 Å². The Labute approximate surface area is 96.6 Å². The Balaban J connectivity index is 2.69. The molecule has 1 aromatic rings. The van der Waals surface area contributed by atoms with E-state index in [1.807, 2.05) is 50.2 Å². The molecule has 0 heterocycles. The molecule has 0 unspecified atom stereocenters. The summed E-state index contributed by atoms with van der Waals surface area (Å²) in [5.74, 6) is -0.0175. The zero-order valence-corrected chi connectivity index (χ0v) is 10.1. The predicted molar refractivity (Wildman–Crippen MR) is 67.9 cm³/mol. The minimum Gasteiger partial charge on any atom is -0.376 e. The van der Waals surface area contributed by atoms with Gasteiger partial charge in [-0.1, -0.05) is 19.1 Å². The van der Waals surface area contributed by atoms with Gasteiger partial charge in [-0.3, -0.25) is 4.79 Å². The molecule has 0 aliphatic carbocycles. The zero-order valence-electron chi connectivity index (χ0n) is 10.1. The van der Waals surface area contributed by atoms with Gasteiger partial charge in [0.15, 0.2) is 0 Å². The van der Waals surface area contributed by atoms with Gasteiger partial charge in [-0.15, -0.1) is 0 Å². The van der Waals surface area contributed by atoms with Crippen molar-refractivity contribution in [2.24, 2.45) is 0 Å². The fraction of sp³-hybridized carbons (Fsp3) is 0.417. The molecule has 88 valence electrons. The molecule has 16 heavy (non-hydrogen) atoms. The molecule has 1 aromatic carbocycles. The first-order valence-corrected chi connectivity index (χ1v) is 5.42. The van der Waals surface area contributed by atoms with Crippen LogP contribution in [0.2, 0.25) is 0 Å². The van der Waals surface area contributed by atoms with E-state index < -0.39 is 0 Å². The molecule has 1 amide bonds. The van der Waals surface area contributed by atoms with Gasteiger partial charge >= 0.3 is 0 Å². The molecular formula is C12H19N3O. The minimum atomic E-state index is -0.0175. The molecule has 4 nitrogen and oxygen atoms in total. The highest BCUT2D eigenvalue weighted by atomic mass is 16.1. The monoisotopic (exact) mass is 221 g/mol. The molecule has 2 N–H and O–H groups in total. The lowest BCUT2D eigenvalue weighted by Crippen LogP contribution is -2.28. The third-order valence-corrected chi connectivity index (χ3v) is 2.20. The molecule has 1 rings (SSSR count). The van der Waals surface area contributed by atoms with E-state index >= 15 is 0 Å². The first kappa shape index (κ1) is 12.5. The van der Waals surface area contributed by atoms with E-state index in [2.05, 4.69) is 10.6 Å². The van der Waals surface area contributed by atoms with E-state index in [0.717, 1.165) is 17.9 Å². The van der Waals surface area contributed by atoms with Crippen LogP contribution in [0.3, 0.4) is 0 Å². The van der Waals surface area contributed by atoms with Gasteiger partial charge in [0.2, 0.25) is 5.91 Å². The summed E-state index contributed by atoms with van der Waals surface area (Å²) in [6.07, 6.45) is 0. The van der Waals surface area contributed by atoms with E-state index in [1.54, 1.807) is 0 Å². The van der Waals surface area contributed by atoms with Crippen LogP contribution in [0.15, 0.2) is 24.3 Å². The Hall–Kier alpha value is -1.55. The smallest absolute Gasteiger partial charge is 0.238 e. The molecule has 0 atom stereocenters. The van der Waals surface area contributed by atoms with Crippen LogP contribution in [0.25, 0.3) is 0 Å². The first-order valence-electron chi connectivity index (χ1n) is 5.42. The number of para-hydroxylation sites is 2. The number of likely N-dealkylation sites (N-methyl/N-ethyl adjacent to an activating group) is 1. The third-order valence-electron chi connectivity index (χ3n) is 2.20. The average molecular weight is 221 g/mol. The topological polar surface area (TPSA) is 44.4 Å². The normalized spacial score (nSPS) is 9.94. The highest BCUT2D eigenvalue weighted by molar-refractivity contribution is 5.95. The number of benzene rings is 1. The average Bonchev–Trinajstić information content (AvgIpc) is 2.27. The van der Waals surface area contributed by atoms with Crippen LogP contribution >= 0.6 is 0 Å². The van der Waals surface area contributed by atoms with Crippen molar-refractivity contribution in [1.82, 2.24) is 5.32 Å². The van der Waals surface area contributed by atoms with E-state index in [9.17, 15) is 4.79 Å². The zero-order chi connectivity index (χ0) is 12.0. The summed E-state index contributed by atoms with van der Waals surface area (Å²) in [5.41, 5.74) is 1.85. The first-order chi connectivity index (χ1) is 7.65. The highest BCUT2D eigenvalue weighted by Gasteiger charge is 2.06. The van der Waals surface area contributed by atoms with E-state index in [4.69, 9.17) is 0 Å². The molecule has 0 spiro atoms. The lowest BCUT2D eigenvalue weighted by atomic mass is 10.2. The number of hydrogen-bond acceptors (Lipinski definition) is 3. The van der Waals surface area contributed by atoms with E-state index in [1.165, 1.54) is 0 Å². The maximum absolute atomic E-state index is 11.6. The van der Waals surface area contributed by atoms with Crippen molar-refractivity contribution in [3.63, 3.8) is 0 Å². The van der Waals surface area contributed by atoms with Crippen molar-refractivity contribution in [3.05, 3.63) is 24.3 Å². The number of amides is 1. The summed E-state index contributed by atoms with van der Waals surface area (Å²) in [6, 6.07) is 7.74. The predicted octanol–water partition coefficient (Wildman–Crippen LogP) is 1.30. The Kier molecular flexibility index (Phi) is 4.79. The van der Waals surface area contributed by atoms with Gasteiger partial charge in [0.1, 0.15) is 0 Å². The molecule has 0 saturated heterocycles. The van der Waals surface area contributed by atoms with Crippen LogP contribution in [-0.4, -0.2) is 33.1 Å². The Morgan fingerprint density at radius 3 is 2.62 bits per heavy atom. The number of nitrogens with zero attached hydrogens (tertiary/aromatic N) is 1. The Morgan fingerprint density at radius 2 is 2.00 bits per heavy atom. The molecule has 0 aliphatic heterocycles. The largest absolute Gasteiger partial charge is 0.376 e. The molecule has 0 aliphatic rings. The lowest BCUT2D eigenvalue weighted by Gasteiger charge is -2.17. The quantitative estimate of drug-likeness (QED) is 0.787. The van der Waals surface area contributed by atoms with Crippen molar-refractivity contribution in [1.29, 1.82) is 0 Å². The summed E-state index contributed by atoms with van der Waals surface area (Å²) >= 11 is 0. The highest BCUT2D eigenvalue weighted by Crippen LogP contribution is 2.22. The fourth-order valence-corrected chi connectivity index (χ4v) is 1.40. The van der Waals surface area contributed by atoms with Gasteiger partial charge in [0, 0.05) is 14.1 Å². The SMILES string of the molecule is CCNCC(=O)Nc1ccccc1N(C)C. The maximum Gasteiger partial charge on any atom is 0.238 e. The van der Waals surface area contributed by atoms with E-state index in [0.29, 0.717) is 6.54 Å². The van der Waals surface area contributed by atoms with Crippen LogP contribution in [0.5, 0.6) is 0 Å². The number of hydrogen-bond donors (Lipinski definition) is 2. The third kappa shape index (κ3) is 3.55. The van der Waals surface area contributed by atoms with Gasteiger partial charge in [-0.25, -0.2) is 0 Å². The molecule has 0 fully saturated rings. The van der Waals surface area contributed by atoms with Gasteiger partial charge in [0.05, 0.1) is 17.9 Å². The van der Waals surface area contributed by atoms with Crippen molar-refractivity contribution >= 4 is 17.3 Å². The number of rotatable bonds is 5. The summed E-state index contributed by atoms with van der Waals surface area (Å²) in [6.45, 7) is 3.11. The van der Waals surface area contributed by atoms with Crippen molar-refractivity contribution < 1.29 is 4.79 Å². The van der Waals surface area contributed by atoms with Crippen LogP contribution in [0.4, 0.5) is 11.4 Å². The number of carbonyl (C=O) groups excluding carboxylic acids is 1. The molecule has 0 bridgehead atoms. The molecule has 0 radical (unpaired) electrons. The standard InChI is InChI=1S/C12H19N3O/c1-4-13-9-12(16)14-10-7-5-6-8-11(10)15(2)3/h5-8,13H,4,9H2,1-3H3,(H,14,16). The molecule has 0 aromatic heterocycles. The summed E-state index contributed by atoms with van der Waals surface area (Å²) in [5, 5.41) is 5.87. The molecule has 4 heteroatoms. The molecular weight excluding hydrogens is 202 g/mol. The maximum atomic E-state index is 11.6. The number of anilines is 2. The summed E-state index contributed by atoms with van der Waals surface area (Å²) in [4.78, 5) is 13.5. The minimum absolute atomic E-state index is 0.0175. The van der Waals surface area contributed by atoms with Crippen LogP contribution in [0.1, 0.15) is 6.92 Å². The lowest BCUT2D eigenvalue weighted by molar-refractivity contribution is -0.115. The van der Waals surface area contributed by atoms with E-state index in [-0.39, 0.29) is 5.91 Å².